The van der Waals surface area contributed by atoms with Gasteiger partial charge in [-0.3, -0.25) is 4.79 Å². The molecule has 0 spiro atoms. The Morgan fingerprint density at radius 1 is 1.56 bits per heavy atom. The Morgan fingerprint density at radius 2 is 2.17 bits per heavy atom. The first-order chi connectivity index (χ1) is 8.32. The van der Waals surface area contributed by atoms with Crippen LogP contribution in [-0.4, -0.2) is 29.6 Å². The van der Waals surface area contributed by atoms with Crippen LogP contribution < -0.4 is 5.73 Å². The van der Waals surface area contributed by atoms with Crippen LogP contribution in [0.25, 0.3) is 0 Å². The van der Waals surface area contributed by atoms with E-state index in [0.29, 0.717) is 12.0 Å². The number of rotatable bonds is 4. The number of benzene rings is 1. The zero-order chi connectivity index (χ0) is 13.9. The number of nitrogens with one attached hydrogen (secondary N) is 1. The van der Waals surface area contributed by atoms with Gasteiger partial charge in [0.15, 0.2) is 0 Å². The summed E-state index contributed by atoms with van der Waals surface area (Å²) in [4.78, 5) is 12.7. The van der Waals surface area contributed by atoms with Crippen LogP contribution in [0, 0.1) is 11.2 Å². The fraction of sp³-hybridized carbons (Fsp3) is 0.385. The number of halogens is 1. The smallest absolute Gasteiger partial charge is 0.219 e. The van der Waals surface area contributed by atoms with Gasteiger partial charge < -0.3 is 16.0 Å². The van der Waals surface area contributed by atoms with E-state index in [-0.39, 0.29) is 23.3 Å². The summed E-state index contributed by atoms with van der Waals surface area (Å²) in [6.45, 7) is 3.33. The second kappa shape index (κ2) is 5.62. The summed E-state index contributed by atoms with van der Waals surface area (Å²) in [5.41, 5.74) is 6.23. The van der Waals surface area contributed by atoms with Crippen LogP contribution in [0.2, 0.25) is 0 Å². The minimum Gasteiger partial charge on any atom is -0.396 e. The first kappa shape index (κ1) is 14.2. The van der Waals surface area contributed by atoms with Gasteiger partial charge in [0.25, 0.3) is 0 Å². The number of amides is 1. The fourth-order valence-electron chi connectivity index (χ4n) is 1.58. The zero-order valence-electron chi connectivity index (χ0n) is 10.8. The summed E-state index contributed by atoms with van der Waals surface area (Å²) >= 11 is 0. The molecule has 0 aliphatic heterocycles. The number of hydrogen-bond acceptors (Lipinski definition) is 3. The van der Waals surface area contributed by atoms with Crippen molar-refractivity contribution >= 4 is 17.3 Å². The summed E-state index contributed by atoms with van der Waals surface area (Å²) in [7, 11) is 1.68. The van der Waals surface area contributed by atoms with Crippen molar-refractivity contribution in [3.05, 3.63) is 29.6 Å². The Hall–Kier alpha value is -1.91. The van der Waals surface area contributed by atoms with Crippen molar-refractivity contribution in [2.45, 2.75) is 26.3 Å². The lowest BCUT2D eigenvalue weighted by Crippen LogP contribution is -2.34. The van der Waals surface area contributed by atoms with Gasteiger partial charge in [0, 0.05) is 32.1 Å². The molecular formula is C13H18FN3O. The quantitative estimate of drug-likeness (QED) is 0.635. The van der Waals surface area contributed by atoms with E-state index in [1.807, 2.05) is 6.92 Å². The molecule has 98 valence electrons. The lowest BCUT2D eigenvalue weighted by atomic mass is 10.0. The Bertz CT molecular complexity index is 473. The molecule has 0 saturated carbocycles. The Morgan fingerprint density at radius 3 is 2.67 bits per heavy atom. The molecule has 1 aromatic carbocycles. The zero-order valence-corrected chi connectivity index (χ0v) is 10.8. The first-order valence-corrected chi connectivity index (χ1v) is 5.69. The molecule has 1 amide bonds. The summed E-state index contributed by atoms with van der Waals surface area (Å²) in [6.07, 6.45) is 0.374. The van der Waals surface area contributed by atoms with Gasteiger partial charge in [-0.05, 0) is 24.6 Å². The third kappa shape index (κ3) is 3.29. The fourth-order valence-corrected chi connectivity index (χ4v) is 1.58. The van der Waals surface area contributed by atoms with E-state index in [4.69, 9.17) is 11.1 Å². The van der Waals surface area contributed by atoms with Gasteiger partial charge in [0.2, 0.25) is 5.91 Å². The molecule has 3 N–H and O–H groups in total. The van der Waals surface area contributed by atoms with E-state index < -0.39 is 5.82 Å². The molecule has 1 unspecified atom stereocenters. The standard InChI is InChI=1S/C13H18FN3O/c1-8(17(3)9(2)18)6-13(16)10-4-5-12(15)11(14)7-10/h4-5,7-8,16H,6,15H2,1-3H3. The van der Waals surface area contributed by atoms with Crippen molar-refractivity contribution in [2.24, 2.45) is 0 Å². The molecule has 5 heteroatoms. The van der Waals surface area contributed by atoms with E-state index in [9.17, 15) is 9.18 Å². The highest BCUT2D eigenvalue weighted by Crippen LogP contribution is 2.15. The molecule has 1 atom stereocenters. The van der Waals surface area contributed by atoms with Crippen LogP contribution in [-0.2, 0) is 4.79 Å². The number of nitrogens with two attached hydrogens (primary N) is 1. The minimum absolute atomic E-state index is 0.0567. The molecule has 1 rings (SSSR count). The molecular weight excluding hydrogens is 233 g/mol. The Kier molecular flexibility index (Phi) is 4.42. The van der Waals surface area contributed by atoms with Gasteiger partial charge in [-0.1, -0.05) is 6.07 Å². The van der Waals surface area contributed by atoms with Gasteiger partial charge in [0.05, 0.1) is 5.69 Å². The van der Waals surface area contributed by atoms with Crippen molar-refractivity contribution in [1.29, 1.82) is 5.41 Å². The molecule has 0 heterocycles. The minimum atomic E-state index is -0.523. The molecule has 0 saturated heterocycles. The second-order valence-corrected chi connectivity index (χ2v) is 4.40. The number of nitrogens with zero attached hydrogens (tertiary/aromatic N) is 1. The molecule has 0 bridgehead atoms. The highest BCUT2D eigenvalue weighted by Gasteiger charge is 2.15. The Balaban J connectivity index is 2.76. The van der Waals surface area contributed by atoms with Gasteiger partial charge in [-0.15, -0.1) is 0 Å². The average molecular weight is 251 g/mol. The van der Waals surface area contributed by atoms with E-state index >= 15 is 0 Å². The number of carbonyl (C=O) groups is 1. The summed E-state index contributed by atoms with van der Waals surface area (Å²) in [6, 6.07) is 4.20. The van der Waals surface area contributed by atoms with E-state index in [1.165, 1.54) is 19.1 Å². The predicted molar refractivity (Wildman–Crippen MR) is 70.2 cm³/mol. The molecule has 0 aromatic heterocycles. The topological polar surface area (TPSA) is 70.2 Å². The molecule has 0 aliphatic rings. The van der Waals surface area contributed by atoms with Gasteiger partial charge >= 0.3 is 0 Å². The molecule has 1 aromatic rings. The number of anilines is 1. The van der Waals surface area contributed by atoms with Crippen LogP contribution >= 0.6 is 0 Å². The van der Waals surface area contributed by atoms with Gasteiger partial charge in [0.1, 0.15) is 5.82 Å². The first-order valence-electron chi connectivity index (χ1n) is 5.69. The highest BCUT2D eigenvalue weighted by atomic mass is 19.1. The van der Waals surface area contributed by atoms with Gasteiger partial charge in [-0.2, -0.15) is 0 Å². The highest BCUT2D eigenvalue weighted by molar-refractivity contribution is 5.99. The molecule has 0 radical (unpaired) electrons. The van der Waals surface area contributed by atoms with Crippen LogP contribution in [0.5, 0.6) is 0 Å². The number of nitrogen functional groups attached to an aromatic ring is 1. The molecule has 18 heavy (non-hydrogen) atoms. The maximum absolute atomic E-state index is 13.3. The van der Waals surface area contributed by atoms with Crippen molar-refractivity contribution in [3.8, 4) is 0 Å². The van der Waals surface area contributed by atoms with E-state index in [0.717, 1.165) is 0 Å². The van der Waals surface area contributed by atoms with E-state index in [2.05, 4.69) is 0 Å². The van der Waals surface area contributed by atoms with Crippen LogP contribution in [0.15, 0.2) is 18.2 Å². The van der Waals surface area contributed by atoms with Gasteiger partial charge in [-0.25, -0.2) is 4.39 Å². The predicted octanol–water partition coefficient (Wildman–Crippen LogP) is 2.03. The average Bonchev–Trinajstić information content (AvgIpc) is 2.31. The van der Waals surface area contributed by atoms with Crippen LogP contribution in [0.3, 0.4) is 0 Å². The van der Waals surface area contributed by atoms with Crippen molar-refractivity contribution in [3.63, 3.8) is 0 Å². The lowest BCUT2D eigenvalue weighted by molar-refractivity contribution is -0.129. The van der Waals surface area contributed by atoms with Crippen LogP contribution in [0.4, 0.5) is 10.1 Å². The second-order valence-electron chi connectivity index (χ2n) is 4.40. The van der Waals surface area contributed by atoms with E-state index in [1.54, 1.807) is 18.0 Å². The summed E-state index contributed by atoms with van der Waals surface area (Å²) in [5.74, 6) is -0.580. The number of hydrogen-bond donors (Lipinski definition) is 2. The maximum atomic E-state index is 13.3. The van der Waals surface area contributed by atoms with Crippen molar-refractivity contribution in [1.82, 2.24) is 4.90 Å². The third-order valence-electron chi connectivity index (χ3n) is 3.01. The number of carbonyl (C=O) groups excluding carboxylic acids is 1. The van der Waals surface area contributed by atoms with Crippen molar-refractivity contribution < 1.29 is 9.18 Å². The maximum Gasteiger partial charge on any atom is 0.219 e. The largest absolute Gasteiger partial charge is 0.396 e. The van der Waals surface area contributed by atoms with Crippen LogP contribution in [0.1, 0.15) is 25.8 Å². The van der Waals surface area contributed by atoms with Crippen molar-refractivity contribution in [2.75, 3.05) is 12.8 Å². The molecule has 4 nitrogen and oxygen atoms in total. The molecule has 0 fully saturated rings. The summed E-state index contributed by atoms with van der Waals surface area (Å²) < 4.78 is 13.3. The third-order valence-corrected chi connectivity index (χ3v) is 3.01. The summed E-state index contributed by atoms with van der Waals surface area (Å²) in [5, 5.41) is 7.92. The Labute approximate surface area is 106 Å². The monoisotopic (exact) mass is 251 g/mol. The molecule has 0 aliphatic carbocycles. The SMILES string of the molecule is CC(=O)N(C)C(C)CC(=N)c1ccc(N)c(F)c1. The lowest BCUT2D eigenvalue weighted by Gasteiger charge is -2.23. The normalized spacial score (nSPS) is 12.0.